The number of sulfonamides is 1. The Balaban J connectivity index is 2.04. The Labute approximate surface area is 173 Å². The maximum atomic E-state index is 13.0. The molecule has 0 amide bonds. The molecule has 3 rings (SSSR count). The lowest BCUT2D eigenvalue weighted by atomic mass is 10.1. The fourth-order valence-corrected chi connectivity index (χ4v) is 3.73. The summed E-state index contributed by atoms with van der Waals surface area (Å²) < 4.78 is 66.2. The lowest BCUT2D eigenvalue weighted by molar-refractivity contribution is -0.137. The maximum Gasteiger partial charge on any atom is 0.416 e. The normalized spacial score (nSPS) is 12.0. The number of benzene rings is 1. The number of nitrogens with zero attached hydrogens (tertiary/aromatic N) is 2. The summed E-state index contributed by atoms with van der Waals surface area (Å²) in [6.07, 6.45) is -4.61. The first-order chi connectivity index (χ1) is 13.5. The van der Waals surface area contributed by atoms with E-state index in [0.29, 0.717) is 0 Å². The van der Waals surface area contributed by atoms with Crippen LogP contribution in [0.15, 0.2) is 53.6 Å². The van der Waals surface area contributed by atoms with Crippen molar-refractivity contribution < 1.29 is 21.6 Å². The summed E-state index contributed by atoms with van der Waals surface area (Å²) in [5, 5.41) is -0.408. The van der Waals surface area contributed by atoms with Crippen molar-refractivity contribution >= 4 is 44.9 Å². The third-order valence-corrected chi connectivity index (χ3v) is 5.54. The minimum Gasteiger partial charge on any atom is -0.384 e. The summed E-state index contributed by atoms with van der Waals surface area (Å²) in [6, 6.07) is 9.23. The van der Waals surface area contributed by atoms with Crippen molar-refractivity contribution in [2.24, 2.45) is 0 Å². The van der Waals surface area contributed by atoms with Crippen molar-refractivity contribution in [3.8, 4) is 11.3 Å². The molecule has 3 N–H and O–H groups in total. The number of aromatic nitrogens is 2. The minimum absolute atomic E-state index is 0.00613. The first-order valence-electron chi connectivity index (χ1n) is 7.76. The number of nitrogens with two attached hydrogens (primary N) is 1. The molecule has 0 bridgehead atoms. The number of nitrogen functional groups attached to an aromatic ring is 1. The van der Waals surface area contributed by atoms with E-state index in [1.54, 1.807) is 0 Å². The molecule has 0 saturated heterocycles. The molecule has 12 heteroatoms. The Morgan fingerprint density at radius 3 is 2.31 bits per heavy atom. The Bertz CT molecular complexity index is 1190. The van der Waals surface area contributed by atoms with E-state index in [1.165, 1.54) is 30.3 Å². The standard InChI is InChI=1S/C17H11Cl2F3N4O2S/c18-11-5-4-9(17(20,21)22)8-10(11)16-12(19)6-7-14(25-16)26-29(27,28)15-3-1-2-13(23)24-15/h1-8H,(H2,23,24)(H,25,26). The van der Waals surface area contributed by atoms with E-state index in [0.717, 1.165) is 18.2 Å². The Hall–Kier alpha value is -2.56. The predicted octanol–water partition coefficient (Wildman–Crippen LogP) is 4.85. The molecule has 0 radical (unpaired) electrons. The summed E-state index contributed by atoms with van der Waals surface area (Å²) in [5.74, 6) is -0.199. The zero-order valence-corrected chi connectivity index (χ0v) is 16.5. The number of nitrogens with one attached hydrogen (secondary N) is 1. The van der Waals surface area contributed by atoms with Gasteiger partial charge in [0.2, 0.25) is 0 Å². The Kier molecular flexibility index (Phi) is 5.61. The van der Waals surface area contributed by atoms with Crippen LogP contribution < -0.4 is 10.5 Å². The van der Waals surface area contributed by atoms with E-state index in [-0.39, 0.29) is 38.0 Å². The molecule has 0 saturated carbocycles. The van der Waals surface area contributed by atoms with Gasteiger partial charge in [0.1, 0.15) is 11.6 Å². The molecule has 152 valence electrons. The first kappa shape index (κ1) is 21.2. The van der Waals surface area contributed by atoms with Gasteiger partial charge in [0.25, 0.3) is 10.0 Å². The fourth-order valence-electron chi connectivity index (χ4n) is 2.34. The number of pyridine rings is 2. The average molecular weight is 463 g/mol. The summed E-state index contributed by atoms with van der Waals surface area (Å²) in [5.41, 5.74) is 4.31. The van der Waals surface area contributed by atoms with Gasteiger partial charge in [0.05, 0.1) is 21.3 Å². The number of halogens is 5. The Morgan fingerprint density at radius 2 is 1.66 bits per heavy atom. The van der Waals surface area contributed by atoms with Crippen LogP contribution in [0, 0.1) is 0 Å². The first-order valence-corrected chi connectivity index (χ1v) is 10.0. The molecule has 1 aromatic carbocycles. The SMILES string of the molecule is Nc1cccc(S(=O)(=O)Nc2ccc(Cl)c(-c3cc(C(F)(F)F)ccc3Cl)n2)n1. The number of hydrogen-bond acceptors (Lipinski definition) is 5. The molecule has 0 unspecified atom stereocenters. The van der Waals surface area contributed by atoms with Gasteiger partial charge in [-0.05, 0) is 42.5 Å². The van der Waals surface area contributed by atoms with E-state index < -0.39 is 21.8 Å². The van der Waals surface area contributed by atoms with Gasteiger partial charge in [0, 0.05) is 5.56 Å². The highest BCUT2D eigenvalue weighted by atomic mass is 35.5. The quantitative estimate of drug-likeness (QED) is 0.577. The molecule has 2 aromatic heterocycles. The third-order valence-electron chi connectivity index (χ3n) is 3.65. The number of rotatable bonds is 4. The van der Waals surface area contributed by atoms with E-state index >= 15 is 0 Å². The predicted molar refractivity (Wildman–Crippen MR) is 104 cm³/mol. The topological polar surface area (TPSA) is 98.0 Å². The van der Waals surface area contributed by atoms with Gasteiger partial charge in [-0.1, -0.05) is 29.3 Å². The number of hydrogen-bond donors (Lipinski definition) is 2. The van der Waals surface area contributed by atoms with Gasteiger partial charge < -0.3 is 5.73 Å². The average Bonchev–Trinajstić information content (AvgIpc) is 2.63. The van der Waals surface area contributed by atoms with Crippen LogP contribution in [0.4, 0.5) is 24.8 Å². The molecule has 6 nitrogen and oxygen atoms in total. The molecular formula is C17H11Cl2F3N4O2S. The van der Waals surface area contributed by atoms with E-state index in [1.807, 2.05) is 0 Å². The summed E-state index contributed by atoms with van der Waals surface area (Å²) in [4.78, 5) is 7.75. The number of alkyl halides is 3. The van der Waals surface area contributed by atoms with Crippen LogP contribution >= 0.6 is 23.2 Å². The van der Waals surface area contributed by atoms with Crippen LogP contribution in [0.25, 0.3) is 11.3 Å². The van der Waals surface area contributed by atoms with Crippen molar-refractivity contribution in [3.63, 3.8) is 0 Å². The van der Waals surface area contributed by atoms with Crippen LogP contribution in [0.1, 0.15) is 5.56 Å². The molecular weight excluding hydrogens is 452 g/mol. The second kappa shape index (κ2) is 7.69. The van der Waals surface area contributed by atoms with Crippen LogP contribution in [-0.2, 0) is 16.2 Å². The zero-order chi connectivity index (χ0) is 21.4. The van der Waals surface area contributed by atoms with Crippen molar-refractivity contribution in [2.45, 2.75) is 11.2 Å². The monoisotopic (exact) mass is 462 g/mol. The lowest BCUT2D eigenvalue weighted by Gasteiger charge is -2.13. The highest BCUT2D eigenvalue weighted by Gasteiger charge is 2.31. The fraction of sp³-hybridized carbons (Fsp3) is 0.0588. The van der Waals surface area contributed by atoms with Gasteiger partial charge in [-0.25, -0.2) is 9.97 Å². The number of anilines is 2. The minimum atomic E-state index is -4.61. The molecule has 2 heterocycles. The van der Waals surface area contributed by atoms with E-state index in [4.69, 9.17) is 28.9 Å². The zero-order valence-electron chi connectivity index (χ0n) is 14.2. The van der Waals surface area contributed by atoms with Crippen molar-refractivity contribution in [1.29, 1.82) is 0 Å². The molecule has 0 aliphatic rings. The molecule has 0 aliphatic carbocycles. The third kappa shape index (κ3) is 4.72. The van der Waals surface area contributed by atoms with Crippen LogP contribution in [0.3, 0.4) is 0 Å². The van der Waals surface area contributed by atoms with Gasteiger partial charge >= 0.3 is 6.18 Å². The highest BCUT2D eigenvalue weighted by Crippen LogP contribution is 2.38. The molecule has 0 atom stereocenters. The molecule has 29 heavy (non-hydrogen) atoms. The summed E-state index contributed by atoms with van der Waals surface area (Å²) in [7, 11) is -4.15. The van der Waals surface area contributed by atoms with Crippen LogP contribution in [0.2, 0.25) is 10.0 Å². The lowest BCUT2D eigenvalue weighted by Crippen LogP contribution is -2.16. The van der Waals surface area contributed by atoms with Gasteiger partial charge in [-0.3, -0.25) is 4.72 Å². The van der Waals surface area contributed by atoms with E-state index in [9.17, 15) is 21.6 Å². The van der Waals surface area contributed by atoms with Crippen LogP contribution in [-0.4, -0.2) is 18.4 Å². The second-order valence-electron chi connectivity index (χ2n) is 5.73. The maximum absolute atomic E-state index is 13.0. The van der Waals surface area contributed by atoms with Crippen molar-refractivity contribution in [2.75, 3.05) is 10.5 Å². The van der Waals surface area contributed by atoms with Crippen molar-refractivity contribution in [1.82, 2.24) is 9.97 Å². The van der Waals surface area contributed by atoms with Gasteiger partial charge in [-0.15, -0.1) is 0 Å². The molecule has 3 aromatic rings. The molecule has 0 fully saturated rings. The Morgan fingerprint density at radius 1 is 0.966 bits per heavy atom. The smallest absolute Gasteiger partial charge is 0.384 e. The largest absolute Gasteiger partial charge is 0.416 e. The van der Waals surface area contributed by atoms with Gasteiger partial charge in [0.15, 0.2) is 5.03 Å². The summed E-state index contributed by atoms with van der Waals surface area (Å²) >= 11 is 12.1. The molecule has 0 spiro atoms. The second-order valence-corrected chi connectivity index (χ2v) is 8.17. The van der Waals surface area contributed by atoms with Crippen molar-refractivity contribution in [3.05, 3.63) is 64.1 Å². The van der Waals surface area contributed by atoms with E-state index in [2.05, 4.69) is 14.7 Å². The van der Waals surface area contributed by atoms with Crippen LogP contribution in [0.5, 0.6) is 0 Å². The highest BCUT2D eigenvalue weighted by molar-refractivity contribution is 7.92. The summed E-state index contributed by atoms with van der Waals surface area (Å²) in [6.45, 7) is 0. The van der Waals surface area contributed by atoms with Gasteiger partial charge in [-0.2, -0.15) is 21.6 Å². The molecule has 0 aliphatic heterocycles.